The molecule has 0 radical (unpaired) electrons. The van der Waals surface area contributed by atoms with Gasteiger partial charge in [0.25, 0.3) is 0 Å². The van der Waals surface area contributed by atoms with Gasteiger partial charge in [0.05, 0.1) is 26.0 Å². The smallest absolute Gasteiger partial charge is 0.161 e. The number of amidine groups is 1. The molecule has 0 saturated heterocycles. The third-order valence-electron chi connectivity index (χ3n) is 4.72. The van der Waals surface area contributed by atoms with E-state index in [1.54, 1.807) is 19.5 Å². The average Bonchev–Trinajstić information content (AvgIpc) is 3.00. The number of aliphatic imine (C=N–C) groups is 1. The maximum Gasteiger partial charge on any atom is 0.161 e. The Labute approximate surface area is 181 Å². The fourth-order valence-electron chi connectivity index (χ4n) is 3.29. The summed E-state index contributed by atoms with van der Waals surface area (Å²) in [6.45, 7) is 4.99. The van der Waals surface area contributed by atoms with Gasteiger partial charge < -0.3 is 14.2 Å². The summed E-state index contributed by atoms with van der Waals surface area (Å²) in [7, 11) is 1.64. The molecule has 3 aromatic rings. The van der Waals surface area contributed by atoms with Crippen molar-refractivity contribution in [1.29, 1.82) is 0 Å². The Morgan fingerprint density at radius 3 is 2.48 bits per heavy atom. The second-order valence-electron chi connectivity index (χ2n) is 6.68. The molecule has 1 aliphatic rings. The molecule has 158 valence electrons. The molecule has 0 aliphatic carbocycles. The number of nitrogens with zero attached hydrogens (tertiary/aromatic N) is 3. The van der Waals surface area contributed by atoms with E-state index in [1.807, 2.05) is 62.4 Å². The fourth-order valence-corrected chi connectivity index (χ4v) is 3.29. The molecule has 0 spiro atoms. The number of rotatable bonds is 7. The van der Waals surface area contributed by atoms with E-state index < -0.39 is 0 Å². The van der Waals surface area contributed by atoms with Crippen LogP contribution in [0.25, 0.3) is 0 Å². The molecule has 1 aliphatic heterocycles. The Morgan fingerprint density at radius 1 is 0.903 bits per heavy atom. The van der Waals surface area contributed by atoms with E-state index in [1.165, 1.54) is 0 Å². The number of nitrogens with one attached hydrogen (secondary N) is 1. The first kappa shape index (κ1) is 20.4. The van der Waals surface area contributed by atoms with E-state index in [-0.39, 0.29) is 0 Å². The SMILES string of the molecule is CCOc1ccc(C2=NNC(c3cccnc3)=Nc3ccc(OC)cc32)cc1OCC. The quantitative estimate of drug-likeness (QED) is 0.621. The highest BCUT2D eigenvalue weighted by atomic mass is 16.5. The van der Waals surface area contributed by atoms with Gasteiger partial charge in [0.2, 0.25) is 0 Å². The predicted molar refractivity (Wildman–Crippen MR) is 121 cm³/mol. The molecule has 4 rings (SSSR count). The fraction of sp³-hybridized carbons (Fsp3) is 0.208. The predicted octanol–water partition coefficient (Wildman–Crippen LogP) is 4.32. The summed E-state index contributed by atoms with van der Waals surface area (Å²) >= 11 is 0. The maximum atomic E-state index is 5.81. The molecule has 2 aromatic carbocycles. The number of fused-ring (bicyclic) bond motifs is 1. The average molecular weight is 416 g/mol. The summed E-state index contributed by atoms with van der Waals surface area (Å²) in [5.41, 5.74) is 7.16. The number of benzene rings is 2. The zero-order valence-electron chi connectivity index (χ0n) is 17.8. The molecular weight excluding hydrogens is 392 g/mol. The van der Waals surface area contributed by atoms with Crippen LogP contribution in [0.1, 0.15) is 30.5 Å². The molecule has 0 atom stereocenters. The second kappa shape index (κ2) is 9.30. The zero-order valence-corrected chi connectivity index (χ0v) is 17.8. The number of hydrogen-bond acceptors (Lipinski definition) is 7. The molecule has 0 unspecified atom stereocenters. The Balaban J connectivity index is 1.84. The van der Waals surface area contributed by atoms with Gasteiger partial charge in [0.1, 0.15) is 11.5 Å². The minimum atomic E-state index is 0.535. The first-order valence-electron chi connectivity index (χ1n) is 10.1. The molecule has 7 nitrogen and oxygen atoms in total. The van der Waals surface area contributed by atoms with Gasteiger partial charge in [-0.1, -0.05) is 0 Å². The lowest BCUT2D eigenvalue weighted by Gasteiger charge is -2.14. The van der Waals surface area contributed by atoms with Crippen molar-refractivity contribution >= 4 is 17.2 Å². The lowest BCUT2D eigenvalue weighted by atomic mass is 10.00. The van der Waals surface area contributed by atoms with Crippen LogP contribution in [0, 0.1) is 0 Å². The van der Waals surface area contributed by atoms with Crippen molar-refractivity contribution in [2.45, 2.75) is 13.8 Å². The first-order valence-corrected chi connectivity index (χ1v) is 10.1. The molecule has 1 N–H and O–H groups in total. The summed E-state index contributed by atoms with van der Waals surface area (Å²) < 4.78 is 17.0. The van der Waals surface area contributed by atoms with Crippen molar-refractivity contribution in [3.8, 4) is 17.2 Å². The number of aromatic nitrogens is 1. The zero-order chi connectivity index (χ0) is 21.6. The van der Waals surface area contributed by atoms with E-state index in [4.69, 9.17) is 24.3 Å². The van der Waals surface area contributed by atoms with Crippen molar-refractivity contribution in [3.05, 3.63) is 77.6 Å². The number of methoxy groups -OCH3 is 1. The summed E-state index contributed by atoms with van der Waals surface area (Å²) in [4.78, 5) is 9.00. The topological polar surface area (TPSA) is 77.3 Å². The van der Waals surface area contributed by atoms with Crippen LogP contribution in [0.15, 0.2) is 71.0 Å². The highest BCUT2D eigenvalue weighted by Crippen LogP contribution is 2.33. The van der Waals surface area contributed by atoms with Crippen molar-refractivity contribution in [3.63, 3.8) is 0 Å². The van der Waals surface area contributed by atoms with Gasteiger partial charge in [0, 0.05) is 29.1 Å². The molecule has 31 heavy (non-hydrogen) atoms. The van der Waals surface area contributed by atoms with E-state index in [2.05, 4.69) is 10.4 Å². The van der Waals surface area contributed by atoms with Crippen LogP contribution in [0.2, 0.25) is 0 Å². The van der Waals surface area contributed by atoms with Crippen molar-refractivity contribution in [1.82, 2.24) is 10.4 Å². The van der Waals surface area contributed by atoms with Crippen molar-refractivity contribution in [2.24, 2.45) is 10.1 Å². The Hall–Kier alpha value is -3.87. The second-order valence-corrected chi connectivity index (χ2v) is 6.68. The van der Waals surface area contributed by atoms with Gasteiger partial charge in [-0.25, -0.2) is 4.99 Å². The number of ether oxygens (including phenoxy) is 3. The van der Waals surface area contributed by atoms with Crippen molar-refractivity contribution in [2.75, 3.05) is 20.3 Å². The van der Waals surface area contributed by atoms with Crippen LogP contribution in [-0.4, -0.2) is 36.9 Å². The number of hydrogen-bond donors (Lipinski definition) is 1. The molecular formula is C24H24N4O3. The molecule has 0 saturated carbocycles. The Morgan fingerprint density at radius 2 is 1.74 bits per heavy atom. The third-order valence-corrected chi connectivity index (χ3v) is 4.72. The van der Waals surface area contributed by atoms with Gasteiger partial charge in [-0.3, -0.25) is 10.4 Å². The summed E-state index contributed by atoms with van der Waals surface area (Å²) in [5, 5.41) is 4.70. The molecule has 2 heterocycles. The standard InChI is InChI=1S/C24H24N4O3/c1-4-30-21-11-8-16(13-22(21)31-5-2)23-19-14-18(29-3)9-10-20(19)26-24(28-27-23)17-7-6-12-25-15-17/h6-15H,4-5H2,1-3H3,(H,26,28). The normalized spacial score (nSPS) is 12.6. The molecule has 7 heteroatoms. The van der Waals surface area contributed by atoms with Gasteiger partial charge in [0.15, 0.2) is 17.3 Å². The Bertz CT molecular complexity index is 1130. The largest absolute Gasteiger partial charge is 0.497 e. The van der Waals surface area contributed by atoms with E-state index in [0.717, 1.165) is 33.8 Å². The monoisotopic (exact) mass is 416 g/mol. The highest BCUT2D eigenvalue weighted by molar-refractivity contribution is 6.18. The lowest BCUT2D eigenvalue weighted by molar-refractivity contribution is 0.287. The van der Waals surface area contributed by atoms with Crippen molar-refractivity contribution < 1.29 is 14.2 Å². The summed E-state index contributed by atoms with van der Waals surface area (Å²) in [6.07, 6.45) is 3.48. The van der Waals surface area contributed by atoms with Crippen LogP contribution in [-0.2, 0) is 0 Å². The third kappa shape index (κ3) is 4.35. The van der Waals surface area contributed by atoms with E-state index in [0.29, 0.717) is 30.5 Å². The molecule has 1 aromatic heterocycles. The Kier molecular flexibility index (Phi) is 6.12. The summed E-state index contributed by atoms with van der Waals surface area (Å²) in [5.74, 6) is 2.72. The number of pyridine rings is 1. The van der Waals surface area contributed by atoms with E-state index in [9.17, 15) is 0 Å². The van der Waals surface area contributed by atoms with Crippen LogP contribution in [0.5, 0.6) is 17.2 Å². The minimum absolute atomic E-state index is 0.535. The van der Waals surface area contributed by atoms with Crippen LogP contribution < -0.4 is 19.6 Å². The molecule has 0 fully saturated rings. The highest BCUT2D eigenvalue weighted by Gasteiger charge is 2.20. The molecule has 0 bridgehead atoms. The van der Waals surface area contributed by atoms with Crippen LogP contribution in [0.3, 0.4) is 0 Å². The van der Waals surface area contributed by atoms with Gasteiger partial charge in [-0.05, 0) is 62.4 Å². The first-order chi connectivity index (χ1) is 15.2. The van der Waals surface area contributed by atoms with Crippen LogP contribution >= 0.6 is 0 Å². The van der Waals surface area contributed by atoms with Gasteiger partial charge in [-0.15, -0.1) is 0 Å². The van der Waals surface area contributed by atoms with Crippen LogP contribution in [0.4, 0.5) is 5.69 Å². The minimum Gasteiger partial charge on any atom is -0.497 e. The van der Waals surface area contributed by atoms with E-state index >= 15 is 0 Å². The molecule has 0 amide bonds. The summed E-state index contributed by atoms with van der Waals surface area (Å²) in [6, 6.07) is 15.3. The lowest BCUT2D eigenvalue weighted by Crippen LogP contribution is -2.19. The number of hydrazone groups is 1. The van der Waals surface area contributed by atoms with Gasteiger partial charge in [-0.2, -0.15) is 5.10 Å². The maximum absolute atomic E-state index is 5.81. The van der Waals surface area contributed by atoms with Gasteiger partial charge >= 0.3 is 0 Å².